The maximum absolute atomic E-state index is 15.4. The van der Waals surface area contributed by atoms with Crippen molar-refractivity contribution in [3.8, 4) is 16.9 Å². The van der Waals surface area contributed by atoms with Crippen molar-refractivity contribution < 1.29 is 49.8 Å². The van der Waals surface area contributed by atoms with Gasteiger partial charge in [0.05, 0.1) is 29.4 Å². The first kappa shape index (κ1) is 36.3. The highest BCUT2D eigenvalue weighted by atomic mass is 32.2. The maximum Gasteiger partial charge on any atom is 0.501 e. The number of nitrogens with one attached hydrogen (secondary N) is 2. The van der Waals surface area contributed by atoms with E-state index in [1.807, 2.05) is 0 Å². The van der Waals surface area contributed by atoms with Crippen molar-refractivity contribution in [2.75, 3.05) is 12.4 Å². The number of pyridine rings is 1. The topological polar surface area (TPSA) is 141 Å². The van der Waals surface area contributed by atoms with Gasteiger partial charge in [-0.15, -0.1) is 0 Å². The number of fused-ring (bicyclic) bond motifs is 2. The molecule has 3 fully saturated rings. The second kappa shape index (κ2) is 13.2. The molecule has 0 aliphatic heterocycles. The highest BCUT2D eigenvalue weighted by Crippen LogP contribution is 2.50. The number of aromatic nitrogens is 1. The Morgan fingerprint density at radius 3 is 2.33 bits per heavy atom. The molecule has 51 heavy (non-hydrogen) atoms. The minimum atomic E-state index is -5.63. The van der Waals surface area contributed by atoms with Crippen molar-refractivity contribution in [2.24, 2.45) is 23.7 Å². The van der Waals surface area contributed by atoms with Crippen LogP contribution in [-0.2, 0) is 24.2 Å². The molecule has 2 bridgehead atoms. The fourth-order valence-electron chi connectivity index (χ4n) is 7.27. The Balaban J connectivity index is 1.19. The van der Waals surface area contributed by atoms with E-state index in [1.165, 1.54) is 25.4 Å². The number of benzene rings is 2. The van der Waals surface area contributed by atoms with Gasteiger partial charge in [-0.2, -0.15) is 13.2 Å². The number of halogens is 4. The number of alkyl halides is 3. The van der Waals surface area contributed by atoms with Crippen LogP contribution in [0.3, 0.4) is 0 Å². The number of esters is 1. The van der Waals surface area contributed by atoms with E-state index in [4.69, 9.17) is 9.47 Å². The van der Waals surface area contributed by atoms with Crippen LogP contribution in [0.1, 0.15) is 68.4 Å². The molecule has 3 saturated carbocycles. The summed E-state index contributed by atoms with van der Waals surface area (Å²) in [5.41, 5.74) is -5.12. The van der Waals surface area contributed by atoms with Gasteiger partial charge in [0.1, 0.15) is 17.2 Å². The molecule has 2 aromatic carbocycles. The van der Waals surface area contributed by atoms with Crippen LogP contribution in [-0.4, -0.2) is 55.4 Å². The van der Waals surface area contributed by atoms with Gasteiger partial charge in [-0.1, -0.05) is 12.1 Å². The molecule has 10 nitrogen and oxygen atoms in total. The number of hydrogen-bond acceptors (Lipinski definition) is 8. The molecule has 0 saturated heterocycles. The molecule has 1 heterocycles. The summed E-state index contributed by atoms with van der Waals surface area (Å²) >= 11 is 0. The Morgan fingerprint density at radius 1 is 0.961 bits per heavy atom. The molecule has 0 radical (unpaired) electrons. The van der Waals surface area contributed by atoms with E-state index in [0.717, 1.165) is 30.7 Å². The maximum atomic E-state index is 15.4. The number of anilines is 1. The van der Waals surface area contributed by atoms with Crippen molar-refractivity contribution in [1.29, 1.82) is 0 Å². The lowest BCUT2D eigenvalue weighted by Gasteiger charge is -2.31. The SMILES string of the molecule is COc1cc(F)c(-c2ccc([C@H]3C[C@@H]3C(=O)OC(C)(C)C)nc2)cc1C(=O)N[C@@H]1[C@H]2CC[C@H](C2)[C@@H]1C(=O)Nc1cccc(S(=O)(=O)C(F)(F)F)c1. The standard InChI is InChI=1S/C36H37F4N3O7S/c1-35(2,3)50-34(46)25-15-24(25)28-11-10-20(17-41-28)23-14-26(29(49-4)16-27(23)37)32(44)43-31-19-9-8-18(12-19)30(31)33(45)42-21-6-5-7-22(13-21)51(47,48)36(38,39)40/h5-7,10-11,13-14,16-19,24-25,30-31H,8-9,12,15H2,1-4H3,(H,42,45)(H,43,44)/t18-,19+,24+,25+,30+,31-/m1/s1. The third-order valence-electron chi connectivity index (χ3n) is 9.74. The molecule has 6 atom stereocenters. The van der Waals surface area contributed by atoms with E-state index in [9.17, 15) is 36.0 Å². The van der Waals surface area contributed by atoms with Gasteiger partial charge in [-0.3, -0.25) is 19.4 Å². The molecule has 3 aliphatic rings. The smallest absolute Gasteiger partial charge is 0.496 e. The molecule has 2 amide bonds. The predicted octanol–water partition coefficient (Wildman–Crippen LogP) is 6.42. The van der Waals surface area contributed by atoms with Crippen molar-refractivity contribution in [2.45, 2.75) is 74.4 Å². The van der Waals surface area contributed by atoms with Crippen LogP contribution in [0.2, 0.25) is 0 Å². The van der Waals surface area contributed by atoms with Gasteiger partial charge in [0.15, 0.2) is 0 Å². The normalized spacial score (nSPS) is 24.2. The zero-order chi connectivity index (χ0) is 37.0. The Hall–Kier alpha value is -4.53. The van der Waals surface area contributed by atoms with Gasteiger partial charge < -0.3 is 20.1 Å². The van der Waals surface area contributed by atoms with Gasteiger partial charge >= 0.3 is 11.5 Å². The first-order valence-corrected chi connectivity index (χ1v) is 18.0. The van der Waals surface area contributed by atoms with Crippen molar-refractivity contribution >= 4 is 33.3 Å². The number of rotatable bonds is 9. The summed E-state index contributed by atoms with van der Waals surface area (Å²) in [5, 5.41) is 5.47. The fourth-order valence-corrected chi connectivity index (χ4v) is 8.08. The Labute approximate surface area is 292 Å². The number of amides is 2. The van der Waals surface area contributed by atoms with Crippen LogP contribution < -0.4 is 15.4 Å². The molecule has 3 aliphatic carbocycles. The van der Waals surface area contributed by atoms with E-state index >= 15 is 4.39 Å². The predicted molar refractivity (Wildman–Crippen MR) is 177 cm³/mol. The number of sulfone groups is 1. The molecule has 1 aromatic heterocycles. The molecule has 15 heteroatoms. The van der Waals surface area contributed by atoms with Crippen molar-refractivity contribution in [1.82, 2.24) is 10.3 Å². The van der Waals surface area contributed by atoms with Gasteiger partial charge in [0.25, 0.3) is 15.7 Å². The summed E-state index contributed by atoms with van der Waals surface area (Å²) in [6.07, 6.45) is 4.13. The van der Waals surface area contributed by atoms with Gasteiger partial charge in [0, 0.05) is 46.7 Å². The average Bonchev–Trinajstić information content (AvgIpc) is 3.61. The molecule has 0 spiro atoms. The molecular formula is C36H37F4N3O7S. The van der Waals surface area contributed by atoms with Crippen LogP contribution >= 0.6 is 0 Å². The molecule has 3 aromatic rings. The van der Waals surface area contributed by atoms with Crippen LogP contribution in [0, 0.1) is 29.5 Å². The van der Waals surface area contributed by atoms with Gasteiger partial charge in [-0.05, 0) is 88.6 Å². The van der Waals surface area contributed by atoms with E-state index in [0.29, 0.717) is 30.5 Å². The number of carbonyl (C=O) groups excluding carboxylic acids is 3. The average molecular weight is 732 g/mol. The van der Waals surface area contributed by atoms with Crippen molar-refractivity contribution in [3.63, 3.8) is 0 Å². The first-order valence-electron chi connectivity index (χ1n) is 16.5. The first-order chi connectivity index (χ1) is 23.9. The van der Waals surface area contributed by atoms with Gasteiger partial charge in [0.2, 0.25) is 5.91 Å². The Kier molecular flexibility index (Phi) is 9.40. The zero-order valence-corrected chi connectivity index (χ0v) is 29.0. The second-order valence-corrected chi connectivity index (χ2v) is 16.3. The highest BCUT2D eigenvalue weighted by Gasteiger charge is 2.52. The molecule has 272 valence electrons. The van der Waals surface area contributed by atoms with Crippen LogP contribution in [0.5, 0.6) is 5.75 Å². The lowest BCUT2D eigenvalue weighted by Crippen LogP contribution is -2.48. The highest BCUT2D eigenvalue weighted by molar-refractivity contribution is 7.92. The second-order valence-electron chi connectivity index (χ2n) is 14.3. The molecule has 6 rings (SSSR count). The van der Waals surface area contributed by atoms with E-state index < -0.39 is 55.4 Å². The number of methoxy groups -OCH3 is 1. The minimum absolute atomic E-state index is 0.0112. The Morgan fingerprint density at radius 2 is 1.69 bits per heavy atom. The summed E-state index contributed by atoms with van der Waals surface area (Å²) in [6.45, 7) is 5.39. The van der Waals surface area contributed by atoms with Gasteiger partial charge in [-0.25, -0.2) is 12.8 Å². The van der Waals surface area contributed by atoms with Crippen LogP contribution in [0.15, 0.2) is 59.6 Å². The van der Waals surface area contributed by atoms with Crippen LogP contribution in [0.25, 0.3) is 11.1 Å². The molecular weight excluding hydrogens is 694 g/mol. The summed E-state index contributed by atoms with van der Waals surface area (Å²) in [5.74, 6) is -3.56. The van der Waals surface area contributed by atoms with E-state index in [2.05, 4.69) is 15.6 Å². The summed E-state index contributed by atoms with van der Waals surface area (Å²) in [4.78, 5) is 43.3. The minimum Gasteiger partial charge on any atom is -0.496 e. The monoisotopic (exact) mass is 731 g/mol. The number of carbonyl (C=O) groups is 3. The summed E-state index contributed by atoms with van der Waals surface area (Å²) in [6, 6.07) is 9.06. The van der Waals surface area contributed by atoms with E-state index in [-0.39, 0.29) is 52.2 Å². The zero-order valence-electron chi connectivity index (χ0n) is 28.2. The third-order valence-corrected chi connectivity index (χ3v) is 11.2. The number of ether oxygens (including phenoxy) is 2. The van der Waals surface area contributed by atoms with Crippen molar-refractivity contribution in [3.05, 3.63) is 71.8 Å². The largest absolute Gasteiger partial charge is 0.501 e. The number of nitrogens with zero attached hydrogens (tertiary/aromatic N) is 1. The van der Waals surface area contributed by atoms with E-state index in [1.54, 1.807) is 32.9 Å². The summed E-state index contributed by atoms with van der Waals surface area (Å²) in [7, 11) is -4.34. The number of hydrogen-bond donors (Lipinski definition) is 2. The summed E-state index contributed by atoms with van der Waals surface area (Å²) < 4.78 is 89.4. The molecule has 2 N–H and O–H groups in total. The lowest BCUT2D eigenvalue weighted by atomic mass is 9.83. The van der Waals surface area contributed by atoms with Crippen LogP contribution in [0.4, 0.5) is 23.2 Å². The quantitative estimate of drug-likeness (QED) is 0.190. The fraction of sp³-hybridized carbons (Fsp3) is 0.444. The lowest BCUT2D eigenvalue weighted by molar-refractivity contribution is -0.156. The molecule has 0 unspecified atom stereocenters. The Bertz CT molecular complexity index is 1980. The third kappa shape index (κ3) is 7.30.